The number of likely N-dealkylation sites (tertiary alicyclic amines) is 1. The first-order valence-corrected chi connectivity index (χ1v) is 10.1. The van der Waals surface area contributed by atoms with Crippen molar-refractivity contribution < 1.29 is 4.79 Å². The molecule has 2 aliphatic heterocycles. The van der Waals surface area contributed by atoms with Crippen LogP contribution in [-0.4, -0.2) is 48.9 Å². The molecule has 0 saturated carbocycles. The van der Waals surface area contributed by atoms with Crippen molar-refractivity contribution in [1.82, 2.24) is 9.80 Å². The lowest BCUT2D eigenvalue weighted by Gasteiger charge is -2.34. The number of carbonyl (C=O) groups is 1. The van der Waals surface area contributed by atoms with E-state index in [0.29, 0.717) is 5.92 Å². The van der Waals surface area contributed by atoms with Gasteiger partial charge in [-0.2, -0.15) is 0 Å². The van der Waals surface area contributed by atoms with Crippen molar-refractivity contribution >= 4 is 11.6 Å². The van der Waals surface area contributed by atoms with E-state index in [0.717, 1.165) is 44.7 Å². The van der Waals surface area contributed by atoms with E-state index in [9.17, 15) is 4.79 Å². The van der Waals surface area contributed by atoms with Gasteiger partial charge in [0.25, 0.3) is 5.91 Å². The quantitative estimate of drug-likeness (QED) is 0.851. The highest BCUT2D eigenvalue weighted by Crippen LogP contribution is 2.26. The van der Waals surface area contributed by atoms with Gasteiger partial charge in [-0.3, -0.25) is 4.79 Å². The Kier molecular flexibility index (Phi) is 5.44. The molecule has 2 aromatic rings. The summed E-state index contributed by atoms with van der Waals surface area (Å²) < 4.78 is 0. The third-order valence-electron chi connectivity index (χ3n) is 6.07. The molecular formula is C23H29N3O. The molecular weight excluding hydrogens is 334 g/mol. The van der Waals surface area contributed by atoms with Crippen molar-refractivity contribution in [3.63, 3.8) is 0 Å². The first-order chi connectivity index (χ1) is 13.2. The van der Waals surface area contributed by atoms with Crippen LogP contribution in [0.4, 0.5) is 5.69 Å². The highest BCUT2D eigenvalue weighted by Gasteiger charge is 2.30. The highest BCUT2D eigenvalue weighted by molar-refractivity contribution is 5.98. The maximum Gasteiger partial charge on any atom is 0.254 e. The number of carbonyl (C=O) groups excluding carboxylic acids is 1. The van der Waals surface area contributed by atoms with Gasteiger partial charge in [0.05, 0.1) is 0 Å². The molecule has 4 rings (SSSR count). The van der Waals surface area contributed by atoms with Gasteiger partial charge in [0.2, 0.25) is 0 Å². The van der Waals surface area contributed by atoms with Crippen molar-refractivity contribution in [3.8, 4) is 0 Å². The molecule has 1 fully saturated rings. The van der Waals surface area contributed by atoms with Gasteiger partial charge in [-0.15, -0.1) is 0 Å². The molecule has 4 heteroatoms. The monoisotopic (exact) mass is 363 g/mol. The zero-order chi connectivity index (χ0) is 18.6. The van der Waals surface area contributed by atoms with Crippen molar-refractivity contribution in [3.05, 3.63) is 65.2 Å². The molecule has 142 valence electrons. The molecule has 0 bridgehead atoms. The van der Waals surface area contributed by atoms with Crippen LogP contribution >= 0.6 is 0 Å². The molecule has 4 nitrogen and oxygen atoms in total. The van der Waals surface area contributed by atoms with E-state index in [1.807, 2.05) is 30.1 Å². The summed E-state index contributed by atoms with van der Waals surface area (Å²) in [6.07, 6.45) is 3.46. The SMILES string of the molecule is CNc1ccccc1CCN1CCC(CN2Cc3ccccc3C2=O)CC1. The van der Waals surface area contributed by atoms with Crippen molar-refractivity contribution in [1.29, 1.82) is 0 Å². The topological polar surface area (TPSA) is 35.6 Å². The minimum absolute atomic E-state index is 0.219. The van der Waals surface area contributed by atoms with E-state index in [1.54, 1.807) is 0 Å². The van der Waals surface area contributed by atoms with Crippen LogP contribution < -0.4 is 5.32 Å². The van der Waals surface area contributed by atoms with Crippen LogP contribution in [-0.2, 0) is 13.0 Å². The van der Waals surface area contributed by atoms with E-state index in [4.69, 9.17) is 0 Å². The van der Waals surface area contributed by atoms with Gasteiger partial charge in [0.1, 0.15) is 0 Å². The fourth-order valence-electron chi connectivity index (χ4n) is 4.43. The number of piperidine rings is 1. The van der Waals surface area contributed by atoms with Crippen LogP contribution in [0.15, 0.2) is 48.5 Å². The Morgan fingerprint density at radius 3 is 2.56 bits per heavy atom. The largest absolute Gasteiger partial charge is 0.388 e. The van der Waals surface area contributed by atoms with Gasteiger partial charge in [0.15, 0.2) is 0 Å². The zero-order valence-electron chi connectivity index (χ0n) is 16.2. The first-order valence-electron chi connectivity index (χ1n) is 10.1. The second-order valence-electron chi connectivity index (χ2n) is 7.78. The van der Waals surface area contributed by atoms with Gasteiger partial charge >= 0.3 is 0 Å². The average Bonchev–Trinajstić information content (AvgIpc) is 3.03. The van der Waals surface area contributed by atoms with Gasteiger partial charge in [-0.05, 0) is 61.5 Å². The van der Waals surface area contributed by atoms with E-state index in [2.05, 4.69) is 40.5 Å². The number of hydrogen-bond donors (Lipinski definition) is 1. The van der Waals surface area contributed by atoms with E-state index < -0.39 is 0 Å². The van der Waals surface area contributed by atoms with E-state index in [-0.39, 0.29) is 5.91 Å². The molecule has 0 aliphatic carbocycles. The zero-order valence-corrected chi connectivity index (χ0v) is 16.2. The second-order valence-corrected chi connectivity index (χ2v) is 7.78. The van der Waals surface area contributed by atoms with Gasteiger partial charge in [-0.25, -0.2) is 0 Å². The van der Waals surface area contributed by atoms with Crippen LogP contribution in [0.5, 0.6) is 0 Å². The molecule has 0 aromatic heterocycles. The predicted molar refractivity (Wildman–Crippen MR) is 110 cm³/mol. The van der Waals surface area contributed by atoms with Crippen molar-refractivity contribution in [2.45, 2.75) is 25.8 Å². The molecule has 0 unspecified atom stereocenters. The molecule has 0 spiro atoms. The summed E-state index contributed by atoms with van der Waals surface area (Å²) in [4.78, 5) is 17.2. The molecule has 27 heavy (non-hydrogen) atoms. The third kappa shape index (κ3) is 4.01. The third-order valence-corrected chi connectivity index (χ3v) is 6.07. The first kappa shape index (κ1) is 18.1. The number of nitrogens with zero attached hydrogens (tertiary/aromatic N) is 2. The van der Waals surface area contributed by atoms with Crippen molar-refractivity contribution in [2.75, 3.05) is 38.5 Å². The maximum atomic E-state index is 12.6. The number of amides is 1. The summed E-state index contributed by atoms with van der Waals surface area (Å²) in [6.45, 7) is 5.09. The molecule has 1 amide bonds. The normalized spacial score (nSPS) is 18.0. The Hall–Kier alpha value is -2.33. The second kappa shape index (κ2) is 8.13. The molecule has 0 atom stereocenters. The van der Waals surface area contributed by atoms with Crippen LogP contribution in [0.25, 0.3) is 0 Å². The standard InChI is InChI=1S/C23H29N3O/c1-24-22-9-5-3-6-19(22)12-15-25-13-10-18(11-14-25)16-26-17-20-7-2-4-8-21(20)23(26)27/h2-9,18,24H,10-17H2,1H3. The molecule has 0 radical (unpaired) electrons. The van der Waals surface area contributed by atoms with Crippen LogP contribution in [0.1, 0.15) is 34.3 Å². The summed E-state index contributed by atoms with van der Waals surface area (Å²) >= 11 is 0. The Balaban J connectivity index is 1.25. The van der Waals surface area contributed by atoms with Gasteiger partial charge < -0.3 is 15.1 Å². The lowest BCUT2D eigenvalue weighted by atomic mass is 9.95. The van der Waals surface area contributed by atoms with E-state index >= 15 is 0 Å². The Labute approximate surface area is 162 Å². The summed E-state index contributed by atoms with van der Waals surface area (Å²) in [5.74, 6) is 0.848. The Morgan fingerprint density at radius 2 is 1.78 bits per heavy atom. The number of rotatable bonds is 6. The molecule has 2 aliphatic rings. The van der Waals surface area contributed by atoms with Crippen LogP contribution in [0.3, 0.4) is 0 Å². The number of nitrogens with one attached hydrogen (secondary N) is 1. The van der Waals surface area contributed by atoms with Crippen LogP contribution in [0, 0.1) is 5.92 Å². The number of hydrogen-bond acceptors (Lipinski definition) is 3. The minimum atomic E-state index is 0.219. The summed E-state index contributed by atoms with van der Waals surface area (Å²) in [5, 5.41) is 3.29. The molecule has 1 saturated heterocycles. The number of fused-ring (bicyclic) bond motifs is 1. The van der Waals surface area contributed by atoms with E-state index in [1.165, 1.54) is 29.7 Å². The summed E-state index contributed by atoms with van der Waals surface area (Å²) in [6, 6.07) is 16.6. The molecule has 2 aromatic carbocycles. The Bertz CT molecular complexity index is 796. The smallest absolute Gasteiger partial charge is 0.254 e. The number of para-hydroxylation sites is 1. The van der Waals surface area contributed by atoms with Crippen LogP contribution in [0.2, 0.25) is 0 Å². The molecule has 2 heterocycles. The Morgan fingerprint density at radius 1 is 1.04 bits per heavy atom. The minimum Gasteiger partial charge on any atom is -0.388 e. The maximum absolute atomic E-state index is 12.6. The summed E-state index contributed by atoms with van der Waals surface area (Å²) in [5.41, 5.74) is 4.71. The lowest BCUT2D eigenvalue weighted by Crippen LogP contribution is -2.39. The number of anilines is 1. The highest BCUT2D eigenvalue weighted by atomic mass is 16.2. The van der Waals surface area contributed by atoms with Gasteiger partial charge in [-0.1, -0.05) is 36.4 Å². The summed E-state index contributed by atoms with van der Waals surface area (Å²) in [7, 11) is 1.99. The van der Waals surface area contributed by atoms with Gasteiger partial charge in [0, 0.05) is 37.9 Å². The molecule has 1 N–H and O–H groups in total. The fourth-order valence-corrected chi connectivity index (χ4v) is 4.43. The van der Waals surface area contributed by atoms with Crippen molar-refractivity contribution in [2.24, 2.45) is 5.92 Å². The average molecular weight is 364 g/mol. The predicted octanol–water partition coefficient (Wildman–Crippen LogP) is 3.64. The fraction of sp³-hybridized carbons (Fsp3) is 0.435. The lowest BCUT2D eigenvalue weighted by molar-refractivity contribution is 0.0714. The number of benzene rings is 2.